The average molecular weight is 270 g/mol. The van der Waals surface area contributed by atoms with Gasteiger partial charge >= 0.3 is 0 Å². The van der Waals surface area contributed by atoms with Crippen molar-refractivity contribution in [3.63, 3.8) is 0 Å². The van der Waals surface area contributed by atoms with Crippen LogP contribution < -0.4 is 5.32 Å². The lowest BCUT2D eigenvalue weighted by Gasteiger charge is -2.03. The third-order valence-corrected chi connectivity index (χ3v) is 3.73. The zero-order valence-electron chi connectivity index (χ0n) is 11.3. The first-order valence-electron chi connectivity index (χ1n) is 7.06. The van der Waals surface area contributed by atoms with Crippen LogP contribution in [0.2, 0.25) is 0 Å². The molecule has 1 aliphatic carbocycles. The first kappa shape index (κ1) is 12.8. The number of pyridine rings is 1. The Bertz CT molecular complexity index is 573. The van der Waals surface area contributed by atoms with Gasteiger partial charge in [0.1, 0.15) is 0 Å². The van der Waals surface area contributed by atoms with Gasteiger partial charge < -0.3 is 5.32 Å². The fourth-order valence-electron chi connectivity index (χ4n) is 2.70. The molecule has 0 saturated heterocycles. The molecule has 0 bridgehead atoms. The molecular weight excluding hydrogens is 252 g/mol. The SMILES string of the molecule is O=C(Cc1ccccn1)Nc1cc(C2CCCC2)[nH]n1. The predicted molar refractivity (Wildman–Crippen MR) is 76.4 cm³/mol. The van der Waals surface area contributed by atoms with Gasteiger partial charge in [-0.15, -0.1) is 0 Å². The molecule has 5 nitrogen and oxygen atoms in total. The number of nitrogens with one attached hydrogen (secondary N) is 2. The van der Waals surface area contributed by atoms with E-state index >= 15 is 0 Å². The molecule has 1 fully saturated rings. The number of rotatable bonds is 4. The number of anilines is 1. The highest BCUT2D eigenvalue weighted by molar-refractivity contribution is 5.91. The van der Waals surface area contributed by atoms with Crippen LogP contribution in [-0.4, -0.2) is 21.1 Å². The number of amides is 1. The predicted octanol–water partition coefficient (Wildman–Crippen LogP) is 2.64. The second kappa shape index (κ2) is 5.86. The van der Waals surface area contributed by atoms with Gasteiger partial charge in [-0.1, -0.05) is 18.9 Å². The van der Waals surface area contributed by atoms with Crippen LogP contribution in [0.15, 0.2) is 30.5 Å². The molecule has 0 aliphatic heterocycles. The second-order valence-electron chi connectivity index (χ2n) is 5.24. The van der Waals surface area contributed by atoms with Crippen LogP contribution in [0.4, 0.5) is 5.82 Å². The zero-order valence-corrected chi connectivity index (χ0v) is 11.3. The van der Waals surface area contributed by atoms with E-state index in [4.69, 9.17) is 0 Å². The van der Waals surface area contributed by atoms with Crippen LogP contribution in [0.1, 0.15) is 43.0 Å². The molecule has 3 rings (SSSR count). The summed E-state index contributed by atoms with van der Waals surface area (Å²) in [6, 6.07) is 7.51. The Kier molecular flexibility index (Phi) is 3.76. The summed E-state index contributed by atoms with van der Waals surface area (Å²) in [7, 11) is 0. The highest BCUT2D eigenvalue weighted by Gasteiger charge is 2.19. The standard InChI is InChI=1S/C15H18N4O/c20-15(9-12-7-3-4-8-16-12)17-14-10-13(18-19-14)11-5-1-2-6-11/h3-4,7-8,10-11H,1-2,5-6,9H2,(H2,17,18,19,20). The molecule has 20 heavy (non-hydrogen) atoms. The van der Waals surface area contributed by atoms with Crippen LogP contribution >= 0.6 is 0 Å². The molecule has 0 radical (unpaired) electrons. The Balaban J connectivity index is 1.59. The van der Waals surface area contributed by atoms with E-state index in [-0.39, 0.29) is 12.3 Å². The summed E-state index contributed by atoms with van der Waals surface area (Å²) < 4.78 is 0. The van der Waals surface area contributed by atoms with Gasteiger partial charge in [-0.25, -0.2) is 0 Å². The molecule has 2 aromatic rings. The van der Waals surface area contributed by atoms with Crippen molar-refractivity contribution in [3.8, 4) is 0 Å². The highest BCUT2D eigenvalue weighted by Crippen LogP contribution is 2.33. The fourth-order valence-corrected chi connectivity index (χ4v) is 2.70. The fraction of sp³-hybridized carbons (Fsp3) is 0.400. The second-order valence-corrected chi connectivity index (χ2v) is 5.24. The lowest BCUT2D eigenvalue weighted by Crippen LogP contribution is -2.15. The number of H-pyrrole nitrogens is 1. The number of hydrogen-bond acceptors (Lipinski definition) is 3. The van der Waals surface area contributed by atoms with E-state index in [9.17, 15) is 4.79 Å². The Labute approximate surface area is 117 Å². The molecule has 1 amide bonds. The summed E-state index contributed by atoms with van der Waals surface area (Å²) in [5.74, 6) is 1.09. The van der Waals surface area contributed by atoms with Crippen molar-refractivity contribution in [2.75, 3.05) is 5.32 Å². The summed E-state index contributed by atoms with van der Waals surface area (Å²) >= 11 is 0. The maximum atomic E-state index is 11.9. The Hall–Kier alpha value is -2.17. The average Bonchev–Trinajstić information content (AvgIpc) is 3.10. The van der Waals surface area contributed by atoms with Gasteiger partial charge in [-0.2, -0.15) is 5.10 Å². The molecule has 0 aromatic carbocycles. The number of carbonyl (C=O) groups excluding carboxylic acids is 1. The molecular formula is C15H18N4O. The third-order valence-electron chi connectivity index (χ3n) is 3.73. The highest BCUT2D eigenvalue weighted by atomic mass is 16.1. The van der Waals surface area contributed by atoms with E-state index < -0.39 is 0 Å². The van der Waals surface area contributed by atoms with E-state index in [0.717, 1.165) is 11.4 Å². The maximum absolute atomic E-state index is 11.9. The van der Waals surface area contributed by atoms with Crippen molar-refractivity contribution in [3.05, 3.63) is 41.9 Å². The van der Waals surface area contributed by atoms with Crippen LogP contribution in [0.5, 0.6) is 0 Å². The molecule has 104 valence electrons. The van der Waals surface area contributed by atoms with Gasteiger partial charge in [0.25, 0.3) is 0 Å². The van der Waals surface area contributed by atoms with Crippen LogP contribution in [0.25, 0.3) is 0 Å². The van der Waals surface area contributed by atoms with E-state index in [0.29, 0.717) is 11.7 Å². The van der Waals surface area contributed by atoms with E-state index in [1.54, 1.807) is 6.20 Å². The molecule has 2 aromatic heterocycles. The minimum Gasteiger partial charge on any atom is -0.309 e. The Morgan fingerprint density at radius 2 is 2.20 bits per heavy atom. The molecule has 0 atom stereocenters. The molecule has 2 heterocycles. The van der Waals surface area contributed by atoms with E-state index in [1.807, 2.05) is 24.3 Å². The summed E-state index contributed by atoms with van der Waals surface area (Å²) in [6.07, 6.45) is 6.95. The van der Waals surface area contributed by atoms with Gasteiger partial charge in [0.15, 0.2) is 5.82 Å². The summed E-state index contributed by atoms with van der Waals surface area (Å²) in [5, 5.41) is 10.0. The smallest absolute Gasteiger partial charge is 0.231 e. The summed E-state index contributed by atoms with van der Waals surface area (Å²) in [6.45, 7) is 0. The minimum atomic E-state index is -0.0897. The number of aromatic nitrogens is 3. The summed E-state index contributed by atoms with van der Waals surface area (Å²) in [5.41, 5.74) is 1.90. The van der Waals surface area contributed by atoms with Crippen molar-refractivity contribution < 1.29 is 4.79 Å². The topological polar surface area (TPSA) is 70.7 Å². The zero-order chi connectivity index (χ0) is 13.8. The molecule has 1 saturated carbocycles. The monoisotopic (exact) mass is 270 g/mol. The molecule has 1 aliphatic rings. The quantitative estimate of drug-likeness (QED) is 0.897. The molecule has 0 unspecified atom stereocenters. The number of aromatic amines is 1. The Morgan fingerprint density at radius 3 is 2.95 bits per heavy atom. The van der Waals surface area contributed by atoms with Crippen molar-refractivity contribution in [1.29, 1.82) is 0 Å². The van der Waals surface area contributed by atoms with Crippen molar-refractivity contribution in [2.24, 2.45) is 0 Å². The van der Waals surface area contributed by atoms with Crippen molar-refractivity contribution in [1.82, 2.24) is 15.2 Å². The molecule has 0 spiro atoms. The van der Waals surface area contributed by atoms with Crippen LogP contribution in [0, 0.1) is 0 Å². The Morgan fingerprint density at radius 1 is 1.35 bits per heavy atom. The number of hydrogen-bond donors (Lipinski definition) is 2. The first-order chi connectivity index (χ1) is 9.81. The van der Waals surface area contributed by atoms with Crippen molar-refractivity contribution >= 4 is 11.7 Å². The number of nitrogens with zero attached hydrogens (tertiary/aromatic N) is 2. The molecule has 2 N–H and O–H groups in total. The van der Waals surface area contributed by atoms with E-state index in [1.165, 1.54) is 25.7 Å². The lowest BCUT2D eigenvalue weighted by molar-refractivity contribution is -0.115. The van der Waals surface area contributed by atoms with Crippen molar-refractivity contribution in [2.45, 2.75) is 38.0 Å². The third kappa shape index (κ3) is 3.04. The number of carbonyl (C=O) groups is 1. The van der Waals surface area contributed by atoms with Crippen LogP contribution in [-0.2, 0) is 11.2 Å². The maximum Gasteiger partial charge on any atom is 0.231 e. The minimum absolute atomic E-state index is 0.0897. The van der Waals surface area contributed by atoms with Crippen LogP contribution in [0.3, 0.4) is 0 Å². The van der Waals surface area contributed by atoms with Gasteiger partial charge in [0.05, 0.1) is 6.42 Å². The largest absolute Gasteiger partial charge is 0.309 e. The van der Waals surface area contributed by atoms with Gasteiger partial charge in [-0.05, 0) is 25.0 Å². The first-order valence-corrected chi connectivity index (χ1v) is 7.06. The summed E-state index contributed by atoms with van der Waals surface area (Å²) in [4.78, 5) is 16.0. The van der Waals surface area contributed by atoms with E-state index in [2.05, 4.69) is 20.5 Å². The normalized spacial score (nSPS) is 15.4. The van der Waals surface area contributed by atoms with Gasteiger partial charge in [-0.3, -0.25) is 14.9 Å². The lowest BCUT2D eigenvalue weighted by atomic mass is 10.0. The van der Waals surface area contributed by atoms with Gasteiger partial charge in [0.2, 0.25) is 5.91 Å². The molecule has 5 heteroatoms. The van der Waals surface area contributed by atoms with Gasteiger partial charge in [0, 0.05) is 29.6 Å².